The van der Waals surface area contributed by atoms with E-state index >= 15 is 0 Å². The Morgan fingerprint density at radius 2 is 1.92 bits per heavy atom. The number of nitrogens with zero attached hydrogens (tertiary/aromatic N) is 4. The molecule has 0 unspecified atom stereocenters. The zero-order valence-corrected chi connectivity index (χ0v) is 14.0. The Hall–Kier alpha value is -2.62. The Balaban J connectivity index is 1.69. The molecule has 26 heavy (non-hydrogen) atoms. The number of carbonyl (C=O) groups is 1. The number of amides is 1. The van der Waals surface area contributed by atoms with Crippen LogP contribution >= 0.6 is 0 Å². The van der Waals surface area contributed by atoms with E-state index in [1.54, 1.807) is 4.90 Å². The lowest BCUT2D eigenvalue weighted by Gasteiger charge is -2.34. The molecular formula is C16H17F3N4O3. The van der Waals surface area contributed by atoms with Crippen LogP contribution in [-0.2, 0) is 12.8 Å². The van der Waals surface area contributed by atoms with Gasteiger partial charge in [0.15, 0.2) is 5.76 Å². The van der Waals surface area contributed by atoms with Crippen LogP contribution in [-0.4, -0.2) is 52.1 Å². The molecule has 0 atom stereocenters. The maximum atomic E-state index is 12.9. The van der Waals surface area contributed by atoms with Crippen molar-refractivity contribution < 1.29 is 27.5 Å². The summed E-state index contributed by atoms with van der Waals surface area (Å²) in [5, 5.41) is 8.99. The molecule has 1 saturated heterocycles. The summed E-state index contributed by atoms with van der Waals surface area (Å²) < 4.78 is 44.0. The van der Waals surface area contributed by atoms with Crippen molar-refractivity contribution in [3.8, 4) is 0 Å². The molecule has 1 N–H and O–H groups in total. The Morgan fingerprint density at radius 1 is 1.23 bits per heavy atom. The second-order valence-corrected chi connectivity index (χ2v) is 5.90. The number of halogens is 3. The van der Waals surface area contributed by atoms with Gasteiger partial charge in [0.25, 0.3) is 5.91 Å². The highest BCUT2D eigenvalue weighted by Crippen LogP contribution is 2.29. The first-order valence-corrected chi connectivity index (χ1v) is 7.94. The minimum atomic E-state index is -4.54. The summed E-state index contributed by atoms with van der Waals surface area (Å²) in [4.78, 5) is 23.2. The lowest BCUT2D eigenvalue weighted by Crippen LogP contribution is -2.49. The maximum absolute atomic E-state index is 12.9. The average molecular weight is 370 g/mol. The van der Waals surface area contributed by atoms with E-state index in [9.17, 15) is 18.0 Å². The van der Waals surface area contributed by atoms with Gasteiger partial charge in [-0.15, -0.1) is 0 Å². The number of piperazine rings is 1. The van der Waals surface area contributed by atoms with E-state index < -0.39 is 11.9 Å². The molecule has 1 aliphatic heterocycles. The van der Waals surface area contributed by atoms with Crippen LogP contribution in [0.4, 0.5) is 19.1 Å². The van der Waals surface area contributed by atoms with E-state index in [0.29, 0.717) is 31.9 Å². The molecule has 0 radical (unpaired) electrons. The lowest BCUT2D eigenvalue weighted by molar-refractivity contribution is -0.141. The van der Waals surface area contributed by atoms with E-state index in [2.05, 4.69) is 9.97 Å². The van der Waals surface area contributed by atoms with Crippen molar-refractivity contribution in [2.24, 2.45) is 0 Å². The number of aromatic nitrogens is 2. The number of furan rings is 1. The lowest BCUT2D eigenvalue weighted by atomic mass is 10.3. The largest absolute Gasteiger partial charge is 0.453 e. The highest BCUT2D eigenvalue weighted by atomic mass is 19.4. The molecular weight excluding hydrogens is 353 g/mol. The summed E-state index contributed by atoms with van der Waals surface area (Å²) in [5.41, 5.74) is -0.751. The second kappa shape index (κ2) is 6.94. The number of aliphatic hydroxyl groups excluding tert-OH is 1. The highest BCUT2D eigenvalue weighted by Gasteiger charge is 2.34. The molecule has 0 spiro atoms. The summed E-state index contributed by atoms with van der Waals surface area (Å²) in [6.45, 7) is 2.39. The molecule has 1 fully saturated rings. The third-order valence-corrected chi connectivity index (χ3v) is 4.01. The molecule has 1 amide bonds. The van der Waals surface area contributed by atoms with Crippen LogP contribution in [0, 0.1) is 6.92 Å². The van der Waals surface area contributed by atoms with E-state index in [0.717, 1.165) is 6.07 Å². The quantitative estimate of drug-likeness (QED) is 0.888. The summed E-state index contributed by atoms with van der Waals surface area (Å²) >= 11 is 0. The maximum Gasteiger partial charge on any atom is 0.433 e. The predicted octanol–water partition coefficient (Wildman–Crippen LogP) is 1.85. The van der Waals surface area contributed by atoms with Crippen LogP contribution in [0.15, 0.2) is 22.6 Å². The fraction of sp³-hybridized carbons (Fsp3) is 0.438. The molecule has 2 aromatic heterocycles. The van der Waals surface area contributed by atoms with Crippen LogP contribution < -0.4 is 4.90 Å². The SMILES string of the molecule is Cc1cc(C(F)(F)F)nc(N2CCN(C(=O)c3ccc(CO)o3)CC2)n1. The van der Waals surface area contributed by atoms with Crippen LogP contribution in [0.25, 0.3) is 0 Å². The predicted molar refractivity (Wildman–Crippen MR) is 84.5 cm³/mol. The van der Waals surface area contributed by atoms with Gasteiger partial charge in [-0.2, -0.15) is 13.2 Å². The van der Waals surface area contributed by atoms with Gasteiger partial charge in [0.05, 0.1) is 0 Å². The van der Waals surface area contributed by atoms with Crippen LogP contribution in [0.5, 0.6) is 0 Å². The van der Waals surface area contributed by atoms with Crippen molar-refractivity contribution in [1.29, 1.82) is 0 Å². The number of rotatable bonds is 3. The van der Waals surface area contributed by atoms with Crippen molar-refractivity contribution in [2.75, 3.05) is 31.1 Å². The number of alkyl halides is 3. The van der Waals surface area contributed by atoms with Gasteiger partial charge in [0.1, 0.15) is 18.1 Å². The Morgan fingerprint density at radius 3 is 2.50 bits per heavy atom. The molecule has 140 valence electrons. The minimum absolute atomic E-state index is 0.00462. The molecule has 3 heterocycles. The smallest absolute Gasteiger partial charge is 0.433 e. The molecule has 1 aliphatic rings. The van der Waals surface area contributed by atoms with Gasteiger partial charge >= 0.3 is 6.18 Å². The molecule has 0 aliphatic carbocycles. The Kier molecular flexibility index (Phi) is 4.86. The first-order valence-electron chi connectivity index (χ1n) is 7.94. The van der Waals surface area contributed by atoms with Gasteiger partial charge in [0.2, 0.25) is 5.95 Å². The third-order valence-electron chi connectivity index (χ3n) is 4.01. The van der Waals surface area contributed by atoms with Crippen molar-refractivity contribution >= 4 is 11.9 Å². The fourth-order valence-corrected chi connectivity index (χ4v) is 2.68. The van der Waals surface area contributed by atoms with E-state index in [-0.39, 0.29) is 29.9 Å². The van der Waals surface area contributed by atoms with Gasteiger partial charge in [-0.25, -0.2) is 9.97 Å². The minimum Gasteiger partial charge on any atom is -0.453 e. The second-order valence-electron chi connectivity index (χ2n) is 5.90. The third kappa shape index (κ3) is 3.79. The normalized spacial score (nSPS) is 15.4. The molecule has 0 aromatic carbocycles. The molecule has 0 saturated carbocycles. The molecule has 3 rings (SSSR count). The average Bonchev–Trinajstić information content (AvgIpc) is 3.09. The van der Waals surface area contributed by atoms with Crippen LogP contribution in [0.1, 0.15) is 27.7 Å². The highest BCUT2D eigenvalue weighted by molar-refractivity contribution is 5.91. The van der Waals surface area contributed by atoms with Crippen molar-refractivity contribution in [3.05, 3.63) is 41.1 Å². The molecule has 10 heteroatoms. The van der Waals surface area contributed by atoms with E-state index in [4.69, 9.17) is 9.52 Å². The Labute approximate surface area is 147 Å². The first-order chi connectivity index (χ1) is 12.3. The molecule has 0 bridgehead atoms. The number of hydrogen-bond acceptors (Lipinski definition) is 6. The number of carbonyl (C=O) groups excluding carboxylic acids is 1. The number of aliphatic hydroxyl groups is 1. The van der Waals surface area contributed by atoms with Gasteiger partial charge in [-0.1, -0.05) is 0 Å². The van der Waals surface area contributed by atoms with E-state index in [1.807, 2.05) is 0 Å². The van der Waals surface area contributed by atoms with Crippen molar-refractivity contribution in [2.45, 2.75) is 19.7 Å². The summed E-state index contributed by atoms with van der Waals surface area (Å²) in [7, 11) is 0. The van der Waals surface area contributed by atoms with Crippen molar-refractivity contribution in [1.82, 2.24) is 14.9 Å². The Bertz CT molecular complexity index is 798. The van der Waals surface area contributed by atoms with Gasteiger partial charge in [0, 0.05) is 31.9 Å². The number of hydrogen-bond donors (Lipinski definition) is 1. The summed E-state index contributed by atoms with van der Waals surface area (Å²) in [5.74, 6) is 0.0870. The van der Waals surface area contributed by atoms with Gasteiger partial charge in [-0.05, 0) is 25.1 Å². The van der Waals surface area contributed by atoms with Crippen molar-refractivity contribution in [3.63, 3.8) is 0 Å². The van der Waals surface area contributed by atoms with Crippen LogP contribution in [0.2, 0.25) is 0 Å². The van der Waals surface area contributed by atoms with E-state index in [1.165, 1.54) is 24.0 Å². The van der Waals surface area contributed by atoms with Crippen LogP contribution in [0.3, 0.4) is 0 Å². The zero-order valence-electron chi connectivity index (χ0n) is 14.0. The first kappa shape index (κ1) is 18.2. The number of anilines is 1. The number of aryl methyl sites for hydroxylation is 1. The zero-order chi connectivity index (χ0) is 18.9. The topological polar surface area (TPSA) is 82.7 Å². The fourth-order valence-electron chi connectivity index (χ4n) is 2.68. The molecule has 2 aromatic rings. The summed E-state index contributed by atoms with van der Waals surface area (Å²) in [6.07, 6.45) is -4.54. The van der Waals surface area contributed by atoms with Gasteiger partial charge in [-0.3, -0.25) is 4.79 Å². The summed E-state index contributed by atoms with van der Waals surface area (Å²) in [6, 6.07) is 3.90. The standard InChI is InChI=1S/C16H17F3N4O3/c1-10-8-13(16(17,18)19)21-15(20-10)23-6-4-22(5-7-23)14(25)12-3-2-11(9-24)26-12/h2-3,8,24H,4-7,9H2,1H3. The monoisotopic (exact) mass is 370 g/mol. The van der Waals surface area contributed by atoms with Gasteiger partial charge < -0.3 is 19.3 Å². The molecule has 7 nitrogen and oxygen atoms in total.